The molecule has 0 atom stereocenters. The fourth-order valence-corrected chi connectivity index (χ4v) is 3.87. The number of nitrogens with one attached hydrogen (secondary N) is 1. The van der Waals surface area contributed by atoms with E-state index in [0.717, 1.165) is 24.8 Å². The molecule has 1 aliphatic carbocycles. The van der Waals surface area contributed by atoms with Gasteiger partial charge in [0.25, 0.3) is 5.91 Å². The third-order valence-corrected chi connectivity index (χ3v) is 5.14. The van der Waals surface area contributed by atoms with Crippen molar-refractivity contribution in [2.75, 3.05) is 5.32 Å². The summed E-state index contributed by atoms with van der Waals surface area (Å²) in [6, 6.07) is 2.24. The number of hydrogen-bond acceptors (Lipinski definition) is 3. The van der Waals surface area contributed by atoms with Crippen LogP contribution >= 0.6 is 11.3 Å². The monoisotopic (exact) mass is 302 g/mol. The van der Waals surface area contributed by atoms with Crippen LogP contribution in [-0.4, -0.2) is 14.0 Å². The van der Waals surface area contributed by atoms with E-state index in [9.17, 15) is 10.1 Å². The van der Waals surface area contributed by atoms with Crippen molar-refractivity contribution < 1.29 is 4.79 Å². The summed E-state index contributed by atoms with van der Waals surface area (Å²) in [6.45, 7) is 6.29. The predicted molar refractivity (Wildman–Crippen MR) is 85.4 cm³/mol. The van der Waals surface area contributed by atoms with Gasteiger partial charge in [-0.15, -0.1) is 16.9 Å². The zero-order chi connectivity index (χ0) is 14.8. The molecule has 0 aromatic carbocycles. The highest BCUT2D eigenvalue weighted by atomic mass is 32.1. The molecule has 0 saturated carbocycles. The van der Waals surface area contributed by atoms with Gasteiger partial charge in [0.05, 0.1) is 5.56 Å². The molecule has 5 heteroatoms. The summed E-state index contributed by atoms with van der Waals surface area (Å²) in [5.74, 6) is 2.36. The molecule has 0 fully saturated rings. The number of nitrogens with zero attached hydrogens (tertiary/aromatic N) is 1. The van der Waals surface area contributed by atoms with E-state index < -0.39 is 8.07 Å². The van der Waals surface area contributed by atoms with Crippen LogP contribution in [0.1, 0.15) is 28.8 Å². The van der Waals surface area contributed by atoms with Gasteiger partial charge in [0, 0.05) is 4.88 Å². The number of amides is 1. The van der Waals surface area contributed by atoms with Crippen LogP contribution in [0.25, 0.3) is 0 Å². The molecule has 1 aromatic heterocycles. The van der Waals surface area contributed by atoms with Crippen LogP contribution in [0.15, 0.2) is 0 Å². The largest absolute Gasteiger partial charge is 0.306 e. The molecule has 1 aromatic rings. The second-order valence-electron chi connectivity index (χ2n) is 5.98. The van der Waals surface area contributed by atoms with Crippen LogP contribution in [0, 0.1) is 22.8 Å². The van der Waals surface area contributed by atoms with Gasteiger partial charge in [-0.2, -0.15) is 5.26 Å². The lowest BCUT2D eigenvalue weighted by Gasteiger charge is -2.09. The molecular weight excluding hydrogens is 284 g/mol. The molecular formula is C15H18N2OSSi. The van der Waals surface area contributed by atoms with E-state index in [-0.39, 0.29) is 5.91 Å². The lowest BCUT2D eigenvalue weighted by atomic mass is 9.96. The molecule has 0 bridgehead atoms. The van der Waals surface area contributed by atoms with Gasteiger partial charge in [-0.1, -0.05) is 19.6 Å². The second kappa shape index (κ2) is 5.83. The molecule has 0 spiro atoms. The number of carbonyl (C=O) groups excluding carboxylic acids is 1. The molecule has 0 unspecified atom stereocenters. The van der Waals surface area contributed by atoms with Crippen molar-refractivity contribution in [3.8, 4) is 17.5 Å². The van der Waals surface area contributed by atoms with E-state index in [1.807, 2.05) is 0 Å². The third-order valence-electron chi connectivity index (χ3n) is 3.06. The number of rotatable bonds is 1. The highest BCUT2D eigenvalue weighted by Crippen LogP contribution is 2.37. The van der Waals surface area contributed by atoms with Crippen molar-refractivity contribution in [1.82, 2.24) is 0 Å². The normalized spacial score (nSPS) is 13.7. The standard InChI is InChI=1S/C15H18N2OSSi/c1-20(2,3)9-8-14(18)17-15-12(10-16)11-6-4-5-7-13(11)19-15/h4-7H2,1-3H3,(H,17,18). The first-order valence-corrected chi connectivity index (χ1v) is 11.1. The Kier molecular flexibility index (Phi) is 4.32. The molecule has 0 radical (unpaired) electrons. The first kappa shape index (κ1) is 14.8. The number of carbonyl (C=O) groups is 1. The lowest BCUT2D eigenvalue weighted by Crippen LogP contribution is -2.18. The Morgan fingerprint density at radius 1 is 1.30 bits per heavy atom. The molecule has 2 rings (SSSR count). The Bertz CT molecular complexity index is 638. The minimum absolute atomic E-state index is 0.303. The molecule has 3 nitrogen and oxygen atoms in total. The van der Waals surface area contributed by atoms with Gasteiger partial charge >= 0.3 is 0 Å². The molecule has 104 valence electrons. The zero-order valence-electron chi connectivity index (χ0n) is 12.1. The predicted octanol–water partition coefficient (Wildman–Crippen LogP) is 3.32. The van der Waals surface area contributed by atoms with E-state index in [4.69, 9.17) is 0 Å². The van der Waals surface area contributed by atoms with Gasteiger partial charge < -0.3 is 5.32 Å². The minimum atomic E-state index is -1.55. The van der Waals surface area contributed by atoms with Gasteiger partial charge in [-0.25, -0.2) is 0 Å². The summed E-state index contributed by atoms with van der Waals surface area (Å²) in [7, 11) is -1.55. The van der Waals surface area contributed by atoms with E-state index in [1.165, 1.54) is 22.6 Å². The number of anilines is 1. The van der Waals surface area contributed by atoms with Crippen LogP contribution < -0.4 is 5.32 Å². The summed E-state index contributed by atoms with van der Waals surface area (Å²) >= 11 is 1.54. The smallest absolute Gasteiger partial charge is 0.300 e. The SMILES string of the molecule is C[Si](C)(C)C#CC(=O)Nc1sc2c(c1C#N)CCCC2. The number of nitriles is 1. The Morgan fingerprint density at radius 3 is 2.65 bits per heavy atom. The maximum absolute atomic E-state index is 11.9. The summed E-state index contributed by atoms with van der Waals surface area (Å²) < 4.78 is 0. The molecule has 20 heavy (non-hydrogen) atoms. The quantitative estimate of drug-likeness (QED) is 0.639. The average Bonchev–Trinajstić information content (AvgIpc) is 2.72. The number of fused-ring (bicyclic) bond motifs is 1. The van der Waals surface area contributed by atoms with Gasteiger partial charge in [-0.3, -0.25) is 4.79 Å². The third kappa shape index (κ3) is 3.50. The Hall–Kier alpha value is -1.56. The molecule has 1 amide bonds. The summed E-state index contributed by atoms with van der Waals surface area (Å²) in [4.78, 5) is 13.1. The summed E-state index contributed by atoms with van der Waals surface area (Å²) in [5.41, 5.74) is 4.82. The Balaban J connectivity index is 2.22. The van der Waals surface area contributed by atoms with Crippen molar-refractivity contribution in [2.24, 2.45) is 0 Å². The van der Waals surface area contributed by atoms with Crippen molar-refractivity contribution >= 4 is 30.3 Å². The Morgan fingerprint density at radius 2 is 2.00 bits per heavy atom. The summed E-state index contributed by atoms with van der Waals surface area (Å²) in [6.07, 6.45) is 4.26. The molecule has 0 saturated heterocycles. The zero-order valence-corrected chi connectivity index (χ0v) is 13.9. The van der Waals surface area contributed by atoms with E-state index in [0.29, 0.717) is 10.6 Å². The first-order chi connectivity index (χ1) is 9.40. The minimum Gasteiger partial charge on any atom is -0.306 e. The van der Waals surface area contributed by atoms with Gasteiger partial charge in [0.15, 0.2) is 0 Å². The van der Waals surface area contributed by atoms with Crippen LogP contribution in [0.4, 0.5) is 5.00 Å². The topological polar surface area (TPSA) is 52.9 Å². The van der Waals surface area contributed by atoms with Gasteiger partial charge in [0.2, 0.25) is 0 Å². The van der Waals surface area contributed by atoms with Crippen molar-refractivity contribution in [2.45, 2.75) is 45.3 Å². The highest BCUT2D eigenvalue weighted by molar-refractivity contribution is 7.16. The van der Waals surface area contributed by atoms with Crippen molar-refractivity contribution in [1.29, 1.82) is 5.26 Å². The maximum atomic E-state index is 11.9. The Labute approximate surface area is 125 Å². The summed E-state index contributed by atoms with van der Waals surface area (Å²) in [5, 5.41) is 12.8. The van der Waals surface area contributed by atoms with Gasteiger partial charge in [0.1, 0.15) is 19.1 Å². The van der Waals surface area contributed by atoms with Crippen LogP contribution in [0.2, 0.25) is 19.6 Å². The average molecular weight is 302 g/mol. The fourth-order valence-electron chi connectivity index (χ4n) is 2.15. The van der Waals surface area contributed by atoms with Crippen molar-refractivity contribution in [3.63, 3.8) is 0 Å². The fraction of sp³-hybridized carbons (Fsp3) is 0.467. The highest BCUT2D eigenvalue weighted by Gasteiger charge is 2.21. The number of hydrogen-bond donors (Lipinski definition) is 1. The first-order valence-electron chi connectivity index (χ1n) is 6.79. The lowest BCUT2D eigenvalue weighted by molar-refractivity contribution is -0.111. The molecule has 1 aliphatic rings. The van der Waals surface area contributed by atoms with Crippen molar-refractivity contribution in [3.05, 3.63) is 16.0 Å². The molecule has 1 heterocycles. The van der Waals surface area contributed by atoms with E-state index >= 15 is 0 Å². The van der Waals surface area contributed by atoms with Crippen LogP contribution in [-0.2, 0) is 17.6 Å². The molecule has 1 N–H and O–H groups in total. The second-order valence-corrected chi connectivity index (χ2v) is 11.8. The van der Waals surface area contributed by atoms with Crippen LogP contribution in [0.3, 0.4) is 0 Å². The van der Waals surface area contributed by atoms with E-state index in [1.54, 1.807) is 0 Å². The van der Waals surface area contributed by atoms with Gasteiger partial charge in [-0.05, 0) is 37.2 Å². The number of aryl methyl sites for hydroxylation is 1. The maximum Gasteiger partial charge on any atom is 0.300 e. The molecule has 0 aliphatic heterocycles. The van der Waals surface area contributed by atoms with Crippen LogP contribution in [0.5, 0.6) is 0 Å². The van der Waals surface area contributed by atoms with E-state index in [2.05, 4.69) is 42.5 Å². The number of thiophene rings is 1.